The zero-order valence-corrected chi connectivity index (χ0v) is 22.8. The Labute approximate surface area is 234 Å². The molecule has 0 atom stereocenters. The summed E-state index contributed by atoms with van der Waals surface area (Å²) in [6.45, 7) is 4.43. The zero-order chi connectivity index (χ0) is 27.1. The van der Waals surface area contributed by atoms with Crippen LogP contribution in [0.4, 0.5) is 0 Å². The molecule has 40 heavy (non-hydrogen) atoms. The maximum atomic E-state index is 4.68. The van der Waals surface area contributed by atoms with E-state index in [1.54, 1.807) is 0 Å². The van der Waals surface area contributed by atoms with Gasteiger partial charge in [-0.2, -0.15) is 0 Å². The number of nitrogens with zero attached hydrogens (tertiary/aromatic N) is 4. The highest BCUT2D eigenvalue weighted by Crippen LogP contribution is 2.35. The lowest BCUT2D eigenvalue weighted by molar-refractivity contribution is 1.07. The summed E-state index contributed by atoms with van der Waals surface area (Å²) >= 11 is 0. The fourth-order valence-corrected chi connectivity index (χ4v) is 5.66. The summed E-state index contributed by atoms with van der Waals surface area (Å²) in [7, 11) is 0. The lowest BCUT2D eigenvalue weighted by atomic mass is 10.1. The van der Waals surface area contributed by atoms with Gasteiger partial charge in [0.05, 0.1) is 11.0 Å². The molecule has 4 heteroatoms. The molecule has 2 heterocycles. The average molecular weight is 519 g/mol. The van der Waals surface area contributed by atoms with E-state index >= 15 is 0 Å². The monoisotopic (exact) mass is 518 g/mol. The molecule has 0 fully saturated rings. The molecule has 0 radical (unpaired) electrons. The molecule has 0 aliphatic rings. The Bertz CT molecular complexity index is 1890. The van der Waals surface area contributed by atoms with E-state index in [0.29, 0.717) is 0 Å². The first kappa shape index (κ1) is 24.1. The maximum Gasteiger partial charge on any atom is 0.168 e. The van der Waals surface area contributed by atoms with E-state index in [9.17, 15) is 0 Å². The normalized spacial score (nSPS) is 11.4. The number of hydrogen-bond donors (Lipinski definition) is 0. The van der Waals surface area contributed by atoms with Crippen molar-refractivity contribution in [2.75, 3.05) is 0 Å². The third-order valence-corrected chi connectivity index (χ3v) is 7.80. The van der Waals surface area contributed by atoms with Gasteiger partial charge in [-0.25, -0.2) is 0 Å². The molecular formula is C36H30N4. The highest BCUT2D eigenvalue weighted by molar-refractivity contribution is 6.09. The van der Waals surface area contributed by atoms with E-state index in [2.05, 4.69) is 118 Å². The van der Waals surface area contributed by atoms with Gasteiger partial charge in [-0.15, -0.1) is 10.2 Å². The average Bonchev–Trinajstić information content (AvgIpc) is 3.61. The fourth-order valence-electron chi connectivity index (χ4n) is 5.66. The van der Waals surface area contributed by atoms with Crippen molar-refractivity contribution in [2.45, 2.75) is 26.7 Å². The van der Waals surface area contributed by atoms with Gasteiger partial charge in [-0.1, -0.05) is 74.5 Å². The van der Waals surface area contributed by atoms with Crippen LogP contribution >= 0.6 is 0 Å². The Hall–Kier alpha value is -4.96. The van der Waals surface area contributed by atoms with Crippen LogP contribution in [0.25, 0.3) is 56.0 Å². The zero-order valence-electron chi connectivity index (χ0n) is 22.8. The molecule has 4 nitrogen and oxygen atoms in total. The van der Waals surface area contributed by atoms with Crippen molar-refractivity contribution in [1.82, 2.24) is 19.3 Å². The van der Waals surface area contributed by atoms with Gasteiger partial charge in [0.2, 0.25) is 0 Å². The Morgan fingerprint density at radius 2 is 0.950 bits per heavy atom. The van der Waals surface area contributed by atoms with Gasteiger partial charge in [0.1, 0.15) is 0 Å². The van der Waals surface area contributed by atoms with E-state index in [1.807, 2.05) is 36.4 Å². The third-order valence-electron chi connectivity index (χ3n) is 7.80. The van der Waals surface area contributed by atoms with Crippen LogP contribution in [0.15, 0.2) is 121 Å². The van der Waals surface area contributed by atoms with Crippen LogP contribution < -0.4 is 0 Å². The minimum atomic E-state index is 0.819. The number of benzene rings is 5. The number of para-hydroxylation sites is 1. The number of hydrogen-bond acceptors (Lipinski definition) is 2. The van der Waals surface area contributed by atoms with E-state index in [-0.39, 0.29) is 0 Å². The second kappa shape index (κ2) is 9.97. The molecule has 2 aromatic heterocycles. The van der Waals surface area contributed by atoms with Crippen LogP contribution in [0.5, 0.6) is 0 Å². The summed E-state index contributed by atoms with van der Waals surface area (Å²) in [5, 5.41) is 11.9. The van der Waals surface area contributed by atoms with Crippen LogP contribution in [0, 0.1) is 0 Å². The molecule has 7 aromatic rings. The van der Waals surface area contributed by atoms with Gasteiger partial charge in [0.25, 0.3) is 0 Å². The smallest absolute Gasteiger partial charge is 0.168 e. The molecule has 0 unspecified atom stereocenters. The molecule has 0 bridgehead atoms. The van der Waals surface area contributed by atoms with Crippen molar-refractivity contribution in [3.8, 4) is 34.2 Å². The molecular weight excluding hydrogens is 488 g/mol. The summed E-state index contributed by atoms with van der Waals surface area (Å²) in [6, 6.07) is 43.0. The minimum Gasteiger partial charge on any atom is -0.309 e. The van der Waals surface area contributed by atoms with Gasteiger partial charge < -0.3 is 4.57 Å². The predicted octanol–water partition coefficient (Wildman–Crippen LogP) is 8.82. The van der Waals surface area contributed by atoms with Crippen LogP contribution in [-0.4, -0.2) is 19.3 Å². The summed E-state index contributed by atoms with van der Waals surface area (Å²) in [6.07, 6.45) is 2.05. The van der Waals surface area contributed by atoms with E-state index in [0.717, 1.165) is 47.0 Å². The highest BCUT2D eigenvalue weighted by atomic mass is 15.3. The predicted molar refractivity (Wildman–Crippen MR) is 165 cm³/mol. The molecule has 7 rings (SSSR count). The molecule has 0 spiro atoms. The van der Waals surface area contributed by atoms with Crippen molar-refractivity contribution in [1.29, 1.82) is 0 Å². The Morgan fingerprint density at radius 1 is 0.475 bits per heavy atom. The molecule has 0 saturated heterocycles. The SMILES string of the molecule is CCc1ccc2c(c1)c1cc(CC)ccc1n2-c1ccc(-c2nnc(-c3ccccc3)n2-c2ccccc2)cc1. The Morgan fingerprint density at radius 3 is 1.48 bits per heavy atom. The van der Waals surface area contributed by atoms with Crippen molar-refractivity contribution < 1.29 is 0 Å². The maximum absolute atomic E-state index is 4.68. The second-order valence-electron chi connectivity index (χ2n) is 10.2. The van der Waals surface area contributed by atoms with Crippen LogP contribution in [0.2, 0.25) is 0 Å². The first-order valence-corrected chi connectivity index (χ1v) is 14.0. The standard InChI is InChI=1S/C36H30N4/c1-3-25-15-21-33-31(23-25)32-24-26(4-2)16-22-34(32)39(33)30-19-17-28(18-20-30)36-38-37-35(27-11-7-5-8-12-27)40(36)29-13-9-6-10-14-29/h5-24H,3-4H2,1-2H3. The van der Waals surface area contributed by atoms with Crippen molar-refractivity contribution in [2.24, 2.45) is 0 Å². The topological polar surface area (TPSA) is 35.6 Å². The molecule has 0 saturated carbocycles. The van der Waals surface area contributed by atoms with Crippen LogP contribution in [0.1, 0.15) is 25.0 Å². The second-order valence-corrected chi connectivity index (χ2v) is 10.2. The molecule has 0 aliphatic heterocycles. The summed E-state index contributed by atoms with van der Waals surface area (Å²) in [4.78, 5) is 0. The van der Waals surface area contributed by atoms with Crippen molar-refractivity contribution in [3.63, 3.8) is 0 Å². The number of rotatable bonds is 6. The van der Waals surface area contributed by atoms with Crippen LogP contribution in [0.3, 0.4) is 0 Å². The Kier molecular flexibility index (Phi) is 6.01. The summed E-state index contributed by atoms with van der Waals surface area (Å²) in [5.41, 5.74) is 9.39. The number of fused-ring (bicyclic) bond motifs is 3. The fraction of sp³-hybridized carbons (Fsp3) is 0.111. The quantitative estimate of drug-likeness (QED) is 0.220. The molecule has 0 aliphatic carbocycles. The van der Waals surface area contributed by atoms with Gasteiger partial charge in [-0.05, 0) is 84.6 Å². The minimum absolute atomic E-state index is 0.819. The lowest BCUT2D eigenvalue weighted by Crippen LogP contribution is -2.00. The summed E-state index contributed by atoms with van der Waals surface area (Å²) in [5.74, 6) is 1.64. The number of aromatic nitrogens is 4. The van der Waals surface area contributed by atoms with Crippen LogP contribution in [-0.2, 0) is 12.8 Å². The van der Waals surface area contributed by atoms with Gasteiger partial charge in [0.15, 0.2) is 11.6 Å². The third kappa shape index (κ3) is 4.00. The largest absolute Gasteiger partial charge is 0.309 e. The highest BCUT2D eigenvalue weighted by Gasteiger charge is 2.18. The molecule has 194 valence electrons. The lowest BCUT2D eigenvalue weighted by Gasteiger charge is -2.12. The molecule has 0 N–H and O–H groups in total. The Balaban J connectivity index is 1.38. The van der Waals surface area contributed by atoms with Gasteiger partial charge >= 0.3 is 0 Å². The van der Waals surface area contributed by atoms with Gasteiger partial charge in [0, 0.05) is 33.3 Å². The summed E-state index contributed by atoms with van der Waals surface area (Å²) < 4.78 is 4.52. The van der Waals surface area contributed by atoms with E-state index in [4.69, 9.17) is 0 Å². The first-order chi connectivity index (χ1) is 19.7. The van der Waals surface area contributed by atoms with Gasteiger partial charge in [-0.3, -0.25) is 4.57 Å². The first-order valence-electron chi connectivity index (χ1n) is 14.0. The number of aryl methyl sites for hydroxylation is 2. The van der Waals surface area contributed by atoms with Crippen molar-refractivity contribution in [3.05, 3.63) is 132 Å². The van der Waals surface area contributed by atoms with E-state index in [1.165, 1.54) is 32.9 Å². The van der Waals surface area contributed by atoms with E-state index < -0.39 is 0 Å². The molecule has 5 aromatic carbocycles. The molecule has 0 amide bonds. The van der Waals surface area contributed by atoms with Crippen molar-refractivity contribution >= 4 is 21.8 Å².